The molecule has 0 amide bonds. The highest BCUT2D eigenvalue weighted by Gasteiger charge is 2.09. The number of rotatable bonds is 4. The molecule has 0 saturated heterocycles. The van der Waals surface area contributed by atoms with Crippen molar-refractivity contribution in [2.75, 3.05) is 0 Å². The van der Waals surface area contributed by atoms with E-state index in [4.69, 9.17) is 11.6 Å². The maximum Gasteiger partial charge on any atom is 0.142 e. The van der Waals surface area contributed by atoms with E-state index < -0.39 is 0 Å². The van der Waals surface area contributed by atoms with Crippen LogP contribution in [0.4, 0.5) is 4.39 Å². The van der Waals surface area contributed by atoms with E-state index in [0.717, 1.165) is 12.1 Å². The second kappa shape index (κ2) is 6.04. The Morgan fingerprint density at radius 1 is 1.32 bits per heavy atom. The van der Waals surface area contributed by atoms with E-state index in [2.05, 4.69) is 25.2 Å². The van der Waals surface area contributed by atoms with Gasteiger partial charge in [-0.1, -0.05) is 17.7 Å². The third kappa shape index (κ3) is 3.56. The van der Waals surface area contributed by atoms with E-state index in [1.165, 1.54) is 21.4 Å². The van der Waals surface area contributed by atoms with Crippen molar-refractivity contribution in [2.45, 2.75) is 33.4 Å². The van der Waals surface area contributed by atoms with E-state index in [9.17, 15) is 4.39 Å². The predicted octanol–water partition coefficient (Wildman–Crippen LogP) is 5.01. The van der Waals surface area contributed by atoms with Crippen LogP contribution in [-0.4, -0.2) is 0 Å². The molecule has 0 spiro atoms. The monoisotopic (exact) mass is 297 g/mol. The first-order valence-corrected chi connectivity index (χ1v) is 7.41. The third-order valence-corrected chi connectivity index (χ3v) is 4.70. The minimum atomic E-state index is -0.365. The fraction of sp³-hybridized carbons (Fsp3) is 0.333. The molecule has 2 rings (SSSR count). The summed E-state index contributed by atoms with van der Waals surface area (Å²) in [6, 6.07) is 7.24. The van der Waals surface area contributed by atoms with Crippen molar-refractivity contribution in [2.24, 2.45) is 0 Å². The smallest absolute Gasteiger partial charge is 0.142 e. The van der Waals surface area contributed by atoms with Crippen molar-refractivity contribution in [1.82, 2.24) is 5.32 Å². The summed E-state index contributed by atoms with van der Waals surface area (Å²) in [6.07, 6.45) is 0. The van der Waals surface area contributed by atoms with E-state index in [0.29, 0.717) is 0 Å². The molecule has 0 fully saturated rings. The Hall–Kier alpha value is -0.900. The van der Waals surface area contributed by atoms with Crippen LogP contribution >= 0.6 is 22.9 Å². The van der Waals surface area contributed by atoms with Crippen molar-refractivity contribution in [1.29, 1.82) is 0 Å². The molecule has 1 unspecified atom stereocenters. The van der Waals surface area contributed by atoms with Crippen molar-refractivity contribution in [3.05, 3.63) is 56.0 Å². The second-order valence-corrected chi connectivity index (χ2v) is 6.48. The summed E-state index contributed by atoms with van der Waals surface area (Å²) in [4.78, 5) is 2.65. The van der Waals surface area contributed by atoms with Crippen LogP contribution in [0.1, 0.15) is 33.8 Å². The van der Waals surface area contributed by atoms with Crippen LogP contribution < -0.4 is 5.32 Å². The van der Waals surface area contributed by atoms with Crippen LogP contribution in [0.3, 0.4) is 0 Å². The summed E-state index contributed by atoms with van der Waals surface area (Å²) in [7, 11) is 0. The molecule has 1 aromatic heterocycles. The van der Waals surface area contributed by atoms with Gasteiger partial charge in [-0.05, 0) is 50.1 Å². The van der Waals surface area contributed by atoms with E-state index in [1.54, 1.807) is 17.4 Å². The maximum absolute atomic E-state index is 13.4. The van der Waals surface area contributed by atoms with Crippen LogP contribution in [0.2, 0.25) is 5.02 Å². The molecular weight excluding hydrogens is 281 g/mol. The summed E-state index contributed by atoms with van der Waals surface area (Å²) < 4.78 is 13.4. The highest BCUT2D eigenvalue weighted by molar-refractivity contribution is 7.12. The average molecular weight is 298 g/mol. The van der Waals surface area contributed by atoms with E-state index in [-0.39, 0.29) is 16.9 Å². The summed E-state index contributed by atoms with van der Waals surface area (Å²) in [5, 5.41) is 3.57. The van der Waals surface area contributed by atoms with Crippen molar-refractivity contribution in [3.8, 4) is 0 Å². The number of aryl methyl sites for hydroxylation is 2. The van der Waals surface area contributed by atoms with Gasteiger partial charge in [0.1, 0.15) is 5.82 Å². The average Bonchev–Trinajstić information content (AvgIpc) is 2.69. The summed E-state index contributed by atoms with van der Waals surface area (Å²) in [5.41, 5.74) is 2.24. The highest BCUT2D eigenvalue weighted by Crippen LogP contribution is 2.23. The van der Waals surface area contributed by atoms with Gasteiger partial charge in [0.15, 0.2) is 0 Å². The Bertz CT molecular complexity index is 560. The molecule has 1 nitrogen and oxygen atoms in total. The number of hydrogen-bond acceptors (Lipinski definition) is 2. The van der Waals surface area contributed by atoms with Gasteiger partial charge < -0.3 is 5.32 Å². The summed E-state index contributed by atoms with van der Waals surface area (Å²) in [6.45, 7) is 7.07. The van der Waals surface area contributed by atoms with Crippen LogP contribution in [0.25, 0.3) is 0 Å². The SMILES string of the molecule is Cc1cc(CNC(C)c2ccc(Cl)c(F)c2)sc1C. The molecule has 0 radical (unpaired) electrons. The standard InChI is InChI=1S/C15H17ClFNS/c1-9-6-13(19-11(9)3)8-18-10(2)12-4-5-14(16)15(17)7-12/h4-7,10,18H,8H2,1-3H3. The number of hydrogen-bond donors (Lipinski definition) is 1. The maximum atomic E-state index is 13.4. The van der Waals surface area contributed by atoms with Crippen molar-refractivity contribution < 1.29 is 4.39 Å². The first-order valence-electron chi connectivity index (χ1n) is 6.21. The predicted molar refractivity (Wildman–Crippen MR) is 80.5 cm³/mol. The lowest BCUT2D eigenvalue weighted by atomic mass is 10.1. The zero-order chi connectivity index (χ0) is 14.0. The Balaban J connectivity index is 2.00. The van der Waals surface area contributed by atoms with Gasteiger partial charge in [-0.15, -0.1) is 11.3 Å². The second-order valence-electron chi connectivity index (χ2n) is 4.73. The van der Waals surface area contributed by atoms with Crippen molar-refractivity contribution >= 4 is 22.9 Å². The quantitative estimate of drug-likeness (QED) is 0.836. The molecule has 0 bridgehead atoms. The molecule has 0 saturated carbocycles. The lowest BCUT2D eigenvalue weighted by Crippen LogP contribution is -2.17. The van der Waals surface area contributed by atoms with Gasteiger partial charge in [0.05, 0.1) is 5.02 Å². The Morgan fingerprint density at radius 2 is 2.05 bits per heavy atom. The normalized spacial score (nSPS) is 12.7. The highest BCUT2D eigenvalue weighted by atomic mass is 35.5. The third-order valence-electron chi connectivity index (χ3n) is 3.24. The minimum Gasteiger partial charge on any atom is -0.305 e. The first kappa shape index (κ1) is 14.5. The van der Waals surface area contributed by atoms with E-state index in [1.807, 2.05) is 13.0 Å². The molecule has 19 heavy (non-hydrogen) atoms. The summed E-state index contributed by atoms with van der Waals surface area (Å²) in [5.74, 6) is -0.365. The molecule has 2 aromatic rings. The van der Waals surface area contributed by atoms with Gasteiger partial charge in [-0.2, -0.15) is 0 Å². The molecule has 4 heteroatoms. The Kier molecular flexibility index (Phi) is 4.61. The van der Waals surface area contributed by atoms with Gasteiger partial charge in [0, 0.05) is 22.3 Å². The van der Waals surface area contributed by atoms with Crippen LogP contribution in [0, 0.1) is 19.7 Å². The number of nitrogens with one attached hydrogen (secondary N) is 1. The van der Waals surface area contributed by atoms with Gasteiger partial charge in [0.2, 0.25) is 0 Å². The van der Waals surface area contributed by atoms with Gasteiger partial charge in [-0.3, -0.25) is 0 Å². The molecule has 0 aliphatic carbocycles. The van der Waals surface area contributed by atoms with Crippen molar-refractivity contribution in [3.63, 3.8) is 0 Å². The fourth-order valence-electron chi connectivity index (χ4n) is 1.89. The minimum absolute atomic E-state index is 0.0921. The molecule has 102 valence electrons. The van der Waals surface area contributed by atoms with Gasteiger partial charge >= 0.3 is 0 Å². The largest absolute Gasteiger partial charge is 0.305 e. The Labute approximate surface area is 122 Å². The first-order chi connectivity index (χ1) is 8.97. The summed E-state index contributed by atoms with van der Waals surface area (Å²) >= 11 is 7.48. The lowest BCUT2D eigenvalue weighted by Gasteiger charge is -2.14. The number of benzene rings is 1. The van der Waals surface area contributed by atoms with Crippen LogP contribution in [0.15, 0.2) is 24.3 Å². The molecule has 1 aromatic carbocycles. The molecule has 1 heterocycles. The molecule has 1 N–H and O–H groups in total. The topological polar surface area (TPSA) is 12.0 Å². The molecule has 0 aliphatic heterocycles. The fourth-order valence-corrected chi connectivity index (χ4v) is 3.01. The zero-order valence-corrected chi connectivity index (χ0v) is 12.8. The Morgan fingerprint density at radius 3 is 2.63 bits per heavy atom. The number of halogens is 2. The molecule has 1 atom stereocenters. The van der Waals surface area contributed by atoms with Crippen LogP contribution in [-0.2, 0) is 6.54 Å². The number of thiophene rings is 1. The van der Waals surface area contributed by atoms with Gasteiger partial charge in [0.25, 0.3) is 0 Å². The lowest BCUT2D eigenvalue weighted by molar-refractivity contribution is 0.568. The van der Waals surface area contributed by atoms with Crippen LogP contribution in [0.5, 0.6) is 0 Å². The van der Waals surface area contributed by atoms with E-state index >= 15 is 0 Å². The molecule has 0 aliphatic rings. The molecular formula is C15H17ClFNS. The van der Waals surface area contributed by atoms with Gasteiger partial charge in [-0.25, -0.2) is 4.39 Å². The zero-order valence-electron chi connectivity index (χ0n) is 11.3.